The van der Waals surface area contributed by atoms with Gasteiger partial charge in [0.2, 0.25) is 5.91 Å². The number of amides is 3. The van der Waals surface area contributed by atoms with Crippen molar-refractivity contribution < 1.29 is 14.0 Å². The zero-order valence-electron chi connectivity index (χ0n) is 16.4. The van der Waals surface area contributed by atoms with Gasteiger partial charge in [0.15, 0.2) is 0 Å². The fraction of sp³-hybridized carbons (Fsp3) is 0.400. The molecule has 7 heteroatoms. The Labute approximate surface area is 160 Å². The standard InChI is InChI=1S/C20H28N4O3/c1-5-19(25)22-16-9-10-18(23(3)4)15(12-16)13-24(20(26)21-6-2)14-17-8-7-11-27-17/h7-12H,5-6,13-14H2,1-4H3,(H,21,26)(H,22,25). The van der Waals surface area contributed by atoms with Gasteiger partial charge in [-0.3, -0.25) is 4.79 Å². The molecule has 0 bridgehead atoms. The fourth-order valence-electron chi connectivity index (χ4n) is 2.73. The van der Waals surface area contributed by atoms with Crippen LogP contribution in [0.3, 0.4) is 0 Å². The second-order valence-corrected chi connectivity index (χ2v) is 6.41. The summed E-state index contributed by atoms with van der Waals surface area (Å²) < 4.78 is 5.41. The normalized spacial score (nSPS) is 10.4. The van der Waals surface area contributed by atoms with Crippen molar-refractivity contribution in [2.24, 2.45) is 0 Å². The van der Waals surface area contributed by atoms with E-state index in [4.69, 9.17) is 4.42 Å². The number of rotatable bonds is 8. The minimum Gasteiger partial charge on any atom is -0.467 e. The van der Waals surface area contributed by atoms with Crippen LogP contribution in [-0.2, 0) is 17.9 Å². The molecule has 1 aromatic heterocycles. The van der Waals surface area contributed by atoms with Crippen LogP contribution in [0.4, 0.5) is 16.2 Å². The highest BCUT2D eigenvalue weighted by atomic mass is 16.3. The van der Waals surface area contributed by atoms with Crippen molar-refractivity contribution in [3.05, 3.63) is 47.9 Å². The molecule has 0 unspecified atom stereocenters. The van der Waals surface area contributed by atoms with Crippen LogP contribution in [0.2, 0.25) is 0 Å². The van der Waals surface area contributed by atoms with E-state index in [-0.39, 0.29) is 11.9 Å². The third-order valence-corrected chi connectivity index (χ3v) is 4.07. The van der Waals surface area contributed by atoms with E-state index in [1.54, 1.807) is 17.2 Å². The van der Waals surface area contributed by atoms with E-state index in [1.807, 2.05) is 57.1 Å². The average molecular weight is 372 g/mol. The van der Waals surface area contributed by atoms with Crippen LogP contribution in [0.5, 0.6) is 0 Å². The molecule has 0 radical (unpaired) electrons. The molecule has 7 nitrogen and oxygen atoms in total. The molecule has 0 aliphatic heterocycles. The highest BCUT2D eigenvalue weighted by Gasteiger charge is 2.18. The lowest BCUT2D eigenvalue weighted by Crippen LogP contribution is -2.39. The maximum atomic E-state index is 12.6. The summed E-state index contributed by atoms with van der Waals surface area (Å²) >= 11 is 0. The molecule has 0 fully saturated rings. The van der Waals surface area contributed by atoms with Crippen molar-refractivity contribution in [1.82, 2.24) is 10.2 Å². The summed E-state index contributed by atoms with van der Waals surface area (Å²) in [4.78, 5) is 28.0. The monoisotopic (exact) mass is 372 g/mol. The van der Waals surface area contributed by atoms with E-state index in [0.717, 1.165) is 16.9 Å². The Hall–Kier alpha value is -2.96. The van der Waals surface area contributed by atoms with Crippen molar-refractivity contribution in [1.29, 1.82) is 0 Å². The van der Waals surface area contributed by atoms with Gasteiger partial charge in [0.1, 0.15) is 5.76 Å². The van der Waals surface area contributed by atoms with Gasteiger partial charge < -0.3 is 24.9 Å². The maximum absolute atomic E-state index is 12.6. The molecule has 0 aliphatic carbocycles. The molecular formula is C20H28N4O3. The molecule has 0 atom stereocenters. The zero-order valence-corrected chi connectivity index (χ0v) is 16.4. The molecule has 27 heavy (non-hydrogen) atoms. The van der Waals surface area contributed by atoms with Gasteiger partial charge in [0, 0.05) is 38.4 Å². The number of hydrogen-bond donors (Lipinski definition) is 2. The predicted molar refractivity (Wildman–Crippen MR) is 107 cm³/mol. The van der Waals surface area contributed by atoms with Gasteiger partial charge in [-0.05, 0) is 42.8 Å². The molecule has 0 saturated heterocycles. The number of urea groups is 1. The highest BCUT2D eigenvalue weighted by molar-refractivity contribution is 5.90. The van der Waals surface area contributed by atoms with Crippen molar-refractivity contribution in [2.75, 3.05) is 30.9 Å². The molecule has 146 valence electrons. The van der Waals surface area contributed by atoms with E-state index in [1.165, 1.54) is 0 Å². The Balaban J connectivity index is 2.31. The van der Waals surface area contributed by atoms with E-state index < -0.39 is 0 Å². The van der Waals surface area contributed by atoms with Gasteiger partial charge in [0.25, 0.3) is 0 Å². The number of furan rings is 1. The first-order valence-electron chi connectivity index (χ1n) is 9.09. The van der Waals surface area contributed by atoms with Gasteiger partial charge in [-0.15, -0.1) is 0 Å². The van der Waals surface area contributed by atoms with Crippen molar-refractivity contribution >= 4 is 23.3 Å². The Morgan fingerprint density at radius 3 is 2.48 bits per heavy atom. The second kappa shape index (κ2) is 9.66. The van der Waals surface area contributed by atoms with Crippen LogP contribution in [-0.4, -0.2) is 37.5 Å². The van der Waals surface area contributed by atoms with E-state index in [0.29, 0.717) is 31.8 Å². The van der Waals surface area contributed by atoms with Crippen LogP contribution in [0.1, 0.15) is 31.6 Å². The molecule has 3 amide bonds. The van der Waals surface area contributed by atoms with Gasteiger partial charge in [-0.25, -0.2) is 4.79 Å². The third-order valence-electron chi connectivity index (χ3n) is 4.07. The molecule has 1 aromatic carbocycles. The lowest BCUT2D eigenvalue weighted by atomic mass is 10.1. The summed E-state index contributed by atoms with van der Waals surface area (Å²) in [5.41, 5.74) is 2.64. The van der Waals surface area contributed by atoms with Crippen molar-refractivity contribution in [3.8, 4) is 0 Å². The number of nitrogens with one attached hydrogen (secondary N) is 2. The number of hydrogen-bond acceptors (Lipinski definition) is 4. The Kier molecular flexibility index (Phi) is 7.28. The summed E-state index contributed by atoms with van der Waals surface area (Å²) in [5, 5.41) is 5.72. The zero-order chi connectivity index (χ0) is 19.8. The van der Waals surface area contributed by atoms with Crippen LogP contribution < -0.4 is 15.5 Å². The third kappa shape index (κ3) is 5.77. The Morgan fingerprint density at radius 1 is 1.11 bits per heavy atom. The van der Waals surface area contributed by atoms with Crippen LogP contribution >= 0.6 is 0 Å². The second-order valence-electron chi connectivity index (χ2n) is 6.41. The number of anilines is 2. The molecule has 0 saturated carbocycles. The van der Waals surface area contributed by atoms with Crippen LogP contribution in [0, 0.1) is 0 Å². The minimum atomic E-state index is -0.165. The SMILES string of the molecule is CCNC(=O)N(Cc1ccco1)Cc1cc(NC(=O)CC)ccc1N(C)C. The average Bonchev–Trinajstić information content (AvgIpc) is 3.14. The van der Waals surface area contributed by atoms with E-state index in [9.17, 15) is 9.59 Å². The van der Waals surface area contributed by atoms with Crippen molar-refractivity contribution in [3.63, 3.8) is 0 Å². The quantitative estimate of drug-likeness (QED) is 0.744. The molecule has 0 spiro atoms. The van der Waals surface area contributed by atoms with E-state index in [2.05, 4.69) is 10.6 Å². The van der Waals surface area contributed by atoms with Gasteiger partial charge in [0.05, 0.1) is 19.4 Å². The summed E-state index contributed by atoms with van der Waals surface area (Å²) in [5.74, 6) is 0.665. The summed E-state index contributed by atoms with van der Waals surface area (Å²) in [7, 11) is 3.90. The number of nitrogens with zero attached hydrogens (tertiary/aromatic N) is 2. The highest BCUT2D eigenvalue weighted by Crippen LogP contribution is 2.25. The first-order valence-corrected chi connectivity index (χ1v) is 9.09. The van der Waals surface area contributed by atoms with Crippen molar-refractivity contribution in [2.45, 2.75) is 33.4 Å². The molecule has 2 rings (SSSR count). The Bertz CT molecular complexity index is 757. The predicted octanol–water partition coefficient (Wildman–Crippen LogP) is 3.43. The number of carbonyl (C=O) groups is 2. The molecule has 2 aromatic rings. The first-order chi connectivity index (χ1) is 12.9. The number of carbonyl (C=O) groups excluding carboxylic acids is 2. The van der Waals surface area contributed by atoms with Gasteiger partial charge in [-0.1, -0.05) is 6.92 Å². The van der Waals surface area contributed by atoms with Gasteiger partial charge in [-0.2, -0.15) is 0 Å². The Morgan fingerprint density at radius 2 is 1.89 bits per heavy atom. The smallest absolute Gasteiger partial charge is 0.318 e. The topological polar surface area (TPSA) is 77.8 Å². The fourth-order valence-corrected chi connectivity index (χ4v) is 2.73. The first kappa shape index (κ1) is 20.4. The molecule has 0 aliphatic rings. The van der Waals surface area contributed by atoms with Crippen LogP contribution in [0.15, 0.2) is 41.0 Å². The van der Waals surface area contributed by atoms with Gasteiger partial charge >= 0.3 is 6.03 Å². The molecule has 2 N–H and O–H groups in total. The maximum Gasteiger partial charge on any atom is 0.318 e. The molecule has 1 heterocycles. The summed E-state index contributed by atoms with van der Waals surface area (Å²) in [6.45, 7) is 4.98. The lowest BCUT2D eigenvalue weighted by Gasteiger charge is -2.25. The largest absolute Gasteiger partial charge is 0.467 e. The number of benzene rings is 1. The summed E-state index contributed by atoms with van der Waals surface area (Å²) in [6, 6.07) is 9.21. The molecular weight excluding hydrogens is 344 g/mol. The summed E-state index contributed by atoms with van der Waals surface area (Å²) in [6.07, 6.45) is 2.01. The lowest BCUT2D eigenvalue weighted by molar-refractivity contribution is -0.115. The van der Waals surface area contributed by atoms with E-state index >= 15 is 0 Å². The van der Waals surface area contributed by atoms with Crippen LogP contribution in [0.25, 0.3) is 0 Å². The minimum absolute atomic E-state index is 0.0466.